The lowest BCUT2D eigenvalue weighted by Crippen LogP contribution is -2.26. The van der Waals surface area contributed by atoms with Gasteiger partial charge < -0.3 is 9.47 Å². The van der Waals surface area contributed by atoms with Crippen molar-refractivity contribution in [2.24, 2.45) is 5.10 Å². The number of nitrogens with one attached hydrogen (secondary N) is 1. The fourth-order valence-corrected chi connectivity index (χ4v) is 5.00. The van der Waals surface area contributed by atoms with Crippen LogP contribution in [-0.2, 0) is 4.79 Å². The Bertz CT molecular complexity index is 650. The Kier molecular flexibility index (Phi) is 6.88. The van der Waals surface area contributed by atoms with E-state index >= 15 is 0 Å². The maximum Gasteiger partial charge on any atom is 0.242 e. The zero-order valence-electron chi connectivity index (χ0n) is 13.7. The Labute approximate surface area is 150 Å². The van der Waals surface area contributed by atoms with Gasteiger partial charge >= 0.3 is 0 Å². The number of methoxy groups -OCH3 is 1. The lowest BCUT2D eigenvalue weighted by Gasteiger charge is -2.19. The van der Waals surface area contributed by atoms with Crippen LogP contribution in [-0.4, -0.2) is 41.4 Å². The van der Waals surface area contributed by atoms with E-state index in [0.29, 0.717) is 23.5 Å². The number of terminal acetylenes is 1. The molecular weight excluding hydrogens is 344 g/mol. The first-order valence-electron chi connectivity index (χ1n) is 7.40. The van der Waals surface area contributed by atoms with Gasteiger partial charge in [0.05, 0.1) is 23.8 Å². The summed E-state index contributed by atoms with van der Waals surface area (Å²) in [5, 5.41) is 4.03. The molecule has 0 radical (unpaired) electrons. The fourth-order valence-electron chi connectivity index (χ4n) is 2.17. The SMILES string of the molecule is C#CCOc1ccc(OC)cc1/C=N\NC(=O)CC1(C)SCCS1. The highest BCUT2D eigenvalue weighted by Gasteiger charge is 2.32. The zero-order valence-corrected chi connectivity index (χ0v) is 15.3. The van der Waals surface area contributed by atoms with E-state index in [-0.39, 0.29) is 16.6 Å². The Morgan fingerprint density at radius 3 is 2.92 bits per heavy atom. The van der Waals surface area contributed by atoms with Gasteiger partial charge in [-0.3, -0.25) is 4.79 Å². The molecule has 0 saturated carbocycles. The van der Waals surface area contributed by atoms with Crippen LogP contribution < -0.4 is 14.9 Å². The number of rotatable bonds is 7. The summed E-state index contributed by atoms with van der Waals surface area (Å²) in [5.41, 5.74) is 3.25. The second-order valence-corrected chi connectivity index (χ2v) is 8.65. The van der Waals surface area contributed by atoms with Gasteiger partial charge in [0.1, 0.15) is 18.1 Å². The predicted octanol–water partition coefficient (Wildman–Crippen LogP) is 2.74. The molecular formula is C17H20N2O3S2. The van der Waals surface area contributed by atoms with Crippen LogP contribution in [0.2, 0.25) is 0 Å². The number of hydrogen-bond donors (Lipinski definition) is 1. The van der Waals surface area contributed by atoms with Crippen LogP contribution in [0.15, 0.2) is 23.3 Å². The number of hydrazone groups is 1. The molecule has 1 fully saturated rings. The minimum Gasteiger partial charge on any atom is -0.497 e. The van der Waals surface area contributed by atoms with Crippen LogP contribution in [0.25, 0.3) is 0 Å². The van der Waals surface area contributed by atoms with Gasteiger partial charge in [-0.1, -0.05) is 5.92 Å². The first-order chi connectivity index (χ1) is 11.6. The maximum absolute atomic E-state index is 12.0. The van der Waals surface area contributed by atoms with E-state index < -0.39 is 0 Å². The van der Waals surface area contributed by atoms with Gasteiger partial charge in [0.15, 0.2) is 0 Å². The van der Waals surface area contributed by atoms with Crippen LogP contribution in [0, 0.1) is 12.3 Å². The normalized spacial score (nSPS) is 15.9. The molecule has 1 saturated heterocycles. The first-order valence-corrected chi connectivity index (χ1v) is 9.37. The van der Waals surface area contributed by atoms with Crippen LogP contribution in [0.3, 0.4) is 0 Å². The van der Waals surface area contributed by atoms with Crippen LogP contribution in [0.4, 0.5) is 0 Å². The molecule has 1 aromatic rings. The molecule has 1 heterocycles. The van der Waals surface area contributed by atoms with Crippen molar-refractivity contribution in [2.75, 3.05) is 25.2 Å². The number of benzene rings is 1. The van der Waals surface area contributed by atoms with Gasteiger partial charge in [-0.25, -0.2) is 5.43 Å². The lowest BCUT2D eigenvalue weighted by atomic mass is 10.2. The molecule has 1 aromatic carbocycles. The average Bonchev–Trinajstić information content (AvgIpc) is 2.99. The fraction of sp³-hybridized carbons (Fsp3) is 0.412. The molecule has 0 aromatic heterocycles. The molecule has 0 unspecified atom stereocenters. The summed E-state index contributed by atoms with van der Waals surface area (Å²) < 4.78 is 10.6. The van der Waals surface area contributed by atoms with E-state index in [1.807, 2.05) is 23.5 Å². The summed E-state index contributed by atoms with van der Waals surface area (Å²) in [7, 11) is 1.58. The number of hydrogen-bond acceptors (Lipinski definition) is 6. The van der Waals surface area contributed by atoms with Gasteiger partial charge in [0.2, 0.25) is 5.91 Å². The third kappa shape index (κ3) is 5.39. The van der Waals surface area contributed by atoms with Gasteiger partial charge in [-0.15, -0.1) is 29.9 Å². The van der Waals surface area contributed by atoms with Crippen LogP contribution in [0.1, 0.15) is 18.9 Å². The number of carbonyl (C=O) groups excluding carboxylic acids is 1. The Balaban J connectivity index is 1.99. The molecule has 0 bridgehead atoms. The van der Waals surface area contributed by atoms with Crippen molar-refractivity contribution in [1.29, 1.82) is 0 Å². The smallest absolute Gasteiger partial charge is 0.242 e. The monoisotopic (exact) mass is 364 g/mol. The second kappa shape index (κ2) is 8.90. The maximum atomic E-state index is 12.0. The molecule has 0 spiro atoms. The number of ether oxygens (including phenoxy) is 2. The lowest BCUT2D eigenvalue weighted by molar-refractivity contribution is -0.121. The summed E-state index contributed by atoms with van der Waals surface area (Å²) >= 11 is 3.63. The second-order valence-electron chi connectivity index (χ2n) is 5.20. The number of amides is 1. The minimum atomic E-state index is -0.107. The molecule has 24 heavy (non-hydrogen) atoms. The summed E-state index contributed by atoms with van der Waals surface area (Å²) in [6, 6.07) is 5.30. The van der Waals surface area contributed by atoms with Crippen molar-refractivity contribution >= 4 is 35.6 Å². The van der Waals surface area contributed by atoms with Gasteiger partial charge in [0.25, 0.3) is 0 Å². The van der Waals surface area contributed by atoms with Crippen LogP contribution in [0.5, 0.6) is 11.5 Å². The van der Waals surface area contributed by atoms with E-state index in [2.05, 4.69) is 23.4 Å². The number of carbonyl (C=O) groups is 1. The van der Waals surface area contributed by atoms with Gasteiger partial charge in [0, 0.05) is 17.1 Å². The summed E-state index contributed by atoms with van der Waals surface area (Å²) in [4.78, 5) is 12.0. The van der Waals surface area contributed by atoms with Crippen molar-refractivity contribution in [1.82, 2.24) is 5.43 Å². The van der Waals surface area contributed by atoms with Crippen molar-refractivity contribution in [3.05, 3.63) is 23.8 Å². The molecule has 2 rings (SSSR count). The van der Waals surface area contributed by atoms with Crippen molar-refractivity contribution in [3.8, 4) is 23.8 Å². The van der Waals surface area contributed by atoms with Crippen molar-refractivity contribution in [2.45, 2.75) is 17.4 Å². The predicted molar refractivity (Wildman–Crippen MR) is 101 cm³/mol. The summed E-state index contributed by atoms with van der Waals surface area (Å²) in [5.74, 6) is 5.73. The molecule has 7 heteroatoms. The Hall–Kier alpha value is -1.78. The van der Waals surface area contributed by atoms with Crippen molar-refractivity contribution < 1.29 is 14.3 Å². The minimum absolute atomic E-state index is 0.0589. The topological polar surface area (TPSA) is 59.9 Å². The Morgan fingerprint density at radius 2 is 2.25 bits per heavy atom. The Morgan fingerprint density at radius 1 is 1.50 bits per heavy atom. The molecule has 0 atom stereocenters. The highest BCUT2D eigenvalue weighted by molar-refractivity contribution is 8.21. The molecule has 5 nitrogen and oxygen atoms in total. The van der Waals surface area contributed by atoms with Crippen molar-refractivity contribution in [3.63, 3.8) is 0 Å². The van der Waals surface area contributed by atoms with E-state index in [9.17, 15) is 4.79 Å². The third-order valence-electron chi connectivity index (χ3n) is 3.30. The van der Waals surface area contributed by atoms with E-state index in [0.717, 1.165) is 11.5 Å². The standard InChI is InChI=1S/C17H20N2O3S2/c1-4-7-22-15-6-5-14(21-3)10-13(15)12-18-19-16(20)11-17(2)23-8-9-24-17/h1,5-6,10,12H,7-9,11H2,2-3H3,(H,19,20)/b18-12-. The molecule has 1 amide bonds. The molecule has 128 valence electrons. The largest absolute Gasteiger partial charge is 0.497 e. The summed E-state index contributed by atoms with van der Waals surface area (Å²) in [6.45, 7) is 2.25. The molecule has 1 aliphatic rings. The molecule has 1 aliphatic heterocycles. The first kappa shape index (κ1) is 18.6. The van der Waals surface area contributed by atoms with Gasteiger partial charge in [-0.05, 0) is 25.1 Å². The third-order valence-corrected chi connectivity index (χ3v) is 6.59. The van der Waals surface area contributed by atoms with E-state index in [1.165, 1.54) is 6.21 Å². The number of nitrogens with zero attached hydrogens (tertiary/aromatic N) is 1. The molecule has 0 aliphatic carbocycles. The molecule has 1 N–H and O–H groups in total. The van der Waals surface area contributed by atoms with E-state index in [4.69, 9.17) is 15.9 Å². The van der Waals surface area contributed by atoms with E-state index in [1.54, 1.807) is 25.3 Å². The summed E-state index contributed by atoms with van der Waals surface area (Å²) in [6.07, 6.45) is 7.18. The van der Waals surface area contributed by atoms with Crippen LogP contribution >= 0.6 is 23.5 Å². The number of thioether (sulfide) groups is 2. The highest BCUT2D eigenvalue weighted by atomic mass is 32.2. The zero-order chi connectivity index (χ0) is 17.4. The highest BCUT2D eigenvalue weighted by Crippen LogP contribution is 2.45. The average molecular weight is 364 g/mol. The quantitative estimate of drug-likeness (QED) is 0.458. The van der Waals surface area contributed by atoms with Gasteiger partial charge in [-0.2, -0.15) is 5.10 Å².